The van der Waals surface area contributed by atoms with E-state index in [0.717, 1.165) is 29.9 Å². The Labute approximate surface area is 212 Å². The van der Waals surface area contributed by atoms with Crippen molar-refractivity contribution in [3.63, 3.8) is 0 Å². The van der Waals surface area contributed by atoms with Gasteiger partial charge in [0.15, 0.2) is 5.89 Å². The standard InChI is InChI=1S/C27H26N4O6/c1-15-21(28-26(37-15)16-4-5-16)14-36-22-12-18-13-31(23(32)7-6-19-3-2-10-35-19)9-8-17(18)11-20(22)24-25(33)30-27(34)29-24/h2-3,6-7,10-12,16,24H,4-5,8-9,13-14H2,1H3,(H2,29,30,33,34)/b7-6+. The molecule has 4 amide bonds. The number of furan rings is 1. The molecule has 1 saturated carbocycles. The van der Waals surface area contributed by atoms with Gasteiger partial charge in [-0.25, -0.2) is 9.78 Å². The highest BCUT2D eigenvalue weighted by Crippen LogP contribution is 2.40. The Bertz CT molecular complexity index is 1400. The van der Waals surface area contributed by atoms with Gasteiger partial charge in [-0.1, -0.05) is 0 Å². The molecule has 2 aliphatic heterocycles. The predicted octanol–water partition coefficient (Wildman–Crippen LogP) is 3.51. The Hall–Kier alpha value is -4.34. The summed E-state index contributed by atoms with van der Waals surface area (Å²) in [5.74, 6) is 2.33. The number of ether oxygens (including phenoxy) is 1. The van der Waals surface area contributed by atoms with Gasteiger partial charge in [-0.05, 0) is 67.7 Å². The van der Waals surface area contributed by atoms with E-state index < -0.39 is 18.0 Å². The highest BCUT2D eigenvalue weighted by Gasteiger charge is 2.35. The fraction of sp³-hybridized carbons (Fsp3) is 0.333. The van der Waals surface area contributed by atoms with E-state index in [1.54, 1.807) is 29.4 Å². The molecule has 37 heavy (non-hydrogen) atoms. The largest absolute Gasteiger partial charge is 0.487 e. The summed E-state index contributed by atoms with van der Waals surface area (Å²) in [6, 6.07) is 5.90. The number of urea groups is 1. The summed E-state index contributed by atoms with van der Waals surface area (Å²) >= 11 is 0. The first kappa shape index (κ1) is 23.1. The zero-order chi connectivity index (χ0) is 25.5. The van der Waals surface area contributed by atoms with E-state index in [4.69, 9.17) is 13.6 Å². The van der Waals surface area contributed by atoms with E-state index in [-0.39, 0.29) is 12.5 Å². The molecule has 10 nitrogen and oxygen atoms in total. The number of hydrogen-bond acceptors (Lipinski definition) is 7. The third-order valence-corrected chi connectivity index (χ3v) is 6.87. The average Bonchev–Trinajstić information content (AvgIpc) is 3.31. The van der Waals surface area contributed by atoms with E-state index in [0.29, 0.717) is 54.0 Å². The molecule has 2 N–H and O–H groups in total. The van der Waals surface area contributed by atoms with Gasteiger partial charge in [0.2, 0.25) is 5.91 Å². The first-order chi connectivity index (χ1) is 17.9. The van der Waals surface area contributed by atoms with Gasteiger partial charge in [-0.3, -0.25) is 14.9 Å². The van der Waals surface area contributed by atoms with Crippen molar-refractivity contribution in [1.82, 2.24) is 20.5 Å². The molecule has 0 radical (unpaired) electrons. The normalized spacial score (nSPS) is 19.2. The molecule has 1 aromatic carbocycles. The smallest absolute Gasteiger partial charge is 0.322 e. The maximum atomic E-state index is 12.8. The molecule has 0 bridgehead atoms. The number of imide groups is 1. The first-order valence-electron chi connectivity index (χ1n) is 12.3. The topological polar surface area (TPSA) is 127 Å². The van der Waals surface area contributed by atoms with Gasteiger partial charge >= 0.3 is 6.03 Å². The molecule has 1 unspecified atom stereocenters. The molecule has 3 aromatic rings. The van der Waals surface area contributed by atoms with E-state index >= 15 is 0 Å². The fourth-order valence-corrected chi connectivity index (χ4v) is 4.66. The number of oxazole rings is 1. The van der Waals surface area contributed by atoms with Crippen molar-refractivity contribution >= 4 is 23.9 Å². The number of aromatic nitrogens is 1. The van der Waals surface area contributed by atoms with Crippen molar-refractivity contribution in [1.29, 1.82) is 0 Å². The molecule has 4 heterocycles. The highest BCUT2D eigenvalue weighted by atomic mass is 16.5. The molecule has 1 atom stereocenters. The Morgan fingerprint density at radius 2 is 2.14 bits per heavy atom. The van der Waals surface area contributed by atoms with Crippen LogP contribution in [0.3, 0.4) is 0 Å². The lowest BCUT2D eigenvalue weighted by Gasteiger charge is -2.29. The highest BCUT2D eigenvalue weighted by molar-refractivity contribution is 6.04. The van der Waals surface area contributed by atoms with Gasteiger partial charge in [-0.15, -0.1) is 0 Å². The third-order valence-electron chi connectivity index (χ3n) is 6.87. The Morgan fingerprint density at radius 3 is 2.86 bits per heavy atom. The summed E-state index contributed by atoms with van der Waals surface area (Å²) in [7, 11) is 0. The SMILES string of the molecule is Cc1oc(C2CC2)nc1COc1cc2c(cc1C1NC(=O)NC1=O)CCN(C(=O)/C=C/c1ccco1)C2. The van der Waals surface area contributed by atoms with Gasteiger partial charge in [0.25, 0.3) is 5.91 Å². The van der Waals surface area contributed by atoms with Crippen LogP contribution >= 0.6 is 0 Å². The second-order valence-corrected chi connectivity index (χ2v) is 9.53. The maximum Gasteiger partial charge on any atom is 0.322 e. The summed E-state index contributed by atoms with van der Waals surface area (Å²) in [6.07, 6.45) is 7.47. The van der Waals surface area contributed by atoms with Crippen molar-refractivity contribution in [2.75, 3.05) is 6.54 Å². The van der Waals surface area contributed by atoms with Crippen LogP contribution in [-0.4, -0.2) is 34.3 Å². The quantitative estimate of drug-likeness (QED) is 0.374. The molecule has 10 heteroatoms. The zero-order valence-electron chi connectivity index (χ0n) is 20.3. The van der Waals surface area contributed by atoms with E-state index in [1.807, 2.05) is 19.1 Å². The number of rotatable bonds is 7. The summed E-state index contributed by atoms with van der Waals surface area (Å²) in [5, 5.41) is 4.95. The molecule has 1 saturated heterocycles. The molecule has 190 valence electrons. The molecule has 2 fully saturated rings. The van der Waals surface area contributed by atoms with E-state index in [1.165, 1.54) is 6.08 Å². The van der Waals surface area contributed by atoms with Gasteiger partial charge in [-0.2, -0.15) is 0 Å². The van der Waals surface area contributed by atoms with Crippen molar-refractivity contribution in [2.45, 2.75) is 51.3 Å². The van der Waals surface area contributed by atoms with Crippen molar-refractivity contribution in [3.05, 3.63) is 76.4 Å². The summed E-state index contributed by atoms with van der Waals surface area (Å²) in [5.41, 5.74) is 3.20. The lowest BCUT2D eigenvalue weighted by Crippen LogP contribution is -2.35. The van der Waals surface area contributed by atoms with Crippen LogP contribution in [0.15, 0.2) is 45.4 Å². The average molecular weight is 503 g/mol. The summed E-state index contributed by atoms with van der Waals surface area (Å²) in [6.45, 7) is 2.94. The van der Waals surface area contributed by atoms with Crippen LogP contribution < -0.4 is 15.4 Å². The Balaban J connectivity index is 1.26. The number of nitrogens with zero attached hydrogens (tertiary/aromatic N) is 2. The lowest BCUT2D eigenvalue weighted by atomic mass is 9.93. The second kappa shape index (κ2) is 9.27. The maximum absolute atomic E-state index is 12.8. The molecular formula is C27H26N4O6. The number of amides is 4. The van der Waals surface area contributed by atoms with Crippen LogP contribution in [0.4, 0.5) is 4.79 Å². The van der Waals surface area contributed by atoms with Crippen molar-refractivity contribution in [2.24, 2.45) is 0 Å². The van der Waals surface area contributed by atoms with Gasteiger partial charge in [0.05, 0.1) is 6.26 Å². The van der Waals surface area contributed by atoms with Crippen LogP contribution in [0.5, 0.6) is 5.75 Å². The molecule has 6 rings (SSSR count). The number of carbonyl (C=O) groups is 3. The lowest BCUT2D eigenvalue weighted by molar-refractivity contribution is -0.126. The second-order valence-electron chi connectivity index (χ2n) is 9.53. The third kappa shape index (κ3) is 4.74. The van der Waals surface area contributed by atoms with Crippen molar-refractivity contribution < 1.29 is 28.0 Å². The number of fused-ring (bicyclic) bond motifs is 1. The Morgan fingerprint density at radius 1 is 1.27 bits per heavy atom. The summed E-state index contributed by atoms with van der Waals surface area (Å²) < 4.78 is 17.3. The fourth-order valence-electron chi connectivity index (χ4n) is 4.66. The van der Waals surface area contributed by atoms with Gasteiger partial charge < -0.3 is 23.8 Å². The zero-order valence-corrected chi connectivity index (χ0v) is 20.3. The molecular weight excluding hydrogens is 476 g/mol. The van der Waals surface area contributed by atoms with Crippen LogP contribution in [0.1, 0.15) is 64.6 Å². The van der Waals surface area contributed by atoms with Crippen LogP contribution in [0, 0.1) is 6.92 Å². The van der Waals surface area contributed by atoms with Crippen molar-refractivity contribution in [3.8, 4) is 5.75 Å². The van der Waals surface area contributed by atoms with Crippen LogP contribution in [-0.2, 0) is 29.2 Å². The predicted molar refractivity (Wildman–Crippen MR) is 130 cm³/mol. The van der Waals surface area contributed by atoms with Gasteiger partial charge in [0, 0.05) is 30.6 Å². The minimum absolute atomic E-state index is 0.123. The van der Waals surface area contributed by atoms with E-state index in [2.05, 4.69) is 15.6 Å². The number of aryl methyl sites for hydroxylation is 1. The Kier molecular flexibility index (Phi) is 5.78. The van der Waals surface area contributed by atoms with Gasteiger partial charge in [0.1, 0.15) is 35.6 Å². The minimum atomic E-state index is -0.857. The molecule has 3 aliphatic rings. The molecule has 0 spiro atoms. The monoisotopic (exact) mass is 502 g/mol. The van der Waals surface area contributed by atoms with E-state index in [9.17, 15) is 14.4 Å². The number of nitrogens with one attached hydrogen (secondary N) is 2. The number of benzene rings is 1. The molecule has 2 aromatic heterocycles. The summed E-state index contributed by atoms with van der Waals surface area (Å²) in [4.78, 5) is 43.5. The first-order valence-corrected chi connectivity index (χ1v) is 12.3. The van der Waals surface area contributed by atoms with Crippen LogP contribution in [0.2, 0.25) is 0 Å². The molecule has 1 aliphatic carbocycles. The van der Waals surface area contributed by atoms with Crippen LogP contribution in [0.25, 0.3) is 6.08 Å². The number of hydrogen-bond donors (Lipinski definition) is 2. The minimum Gasteiger partial charge on any atom is -0.487 e. The number of carbonyl (C=O) groups excluding carboxylic acids is 3.